The van der Waals surface area contributed by atoms with Crippen molar-refractivity contribution in [3.63, 3.8) is 0 Å². The van der Waals surface area contributed by atoms with Crippen LogP contribution in [0.1, 0.15) is 42.9 Å². The number of H-pyrrole nitrogens is 1. The number of aromatic nitrogens is 6. The summed E-state index contributed by atoms with van der Waals surface area (Å²) >= 11 is 0. The molecular weight excluding hydrogens is 498 g/mol. The van der Waals surface area contributed by atoms with Gasteiger partial charge in [0, 0.05) is 23.7 Å². The zero-order valence-corrected chi connectivity index (χ0v) is 22.2. The number of hydroxylamine groups is 1. The maximum absolute atomic E-state index is 13.8. The molecule has 0 saturated carbocycles. The van der Waals surface area contributed by atoms with Gasteiger partial charge in [-0.05, 0) is 37.0 Å². The van der Waals surface area contributed by atoms with Crippen LogP contribution in [0.4, 0.5) is 0 Å². The minimum absolute atomic E-state index is 0.153. The fourth-order valence-electron chi connectivity index (χ4n) is 4.69. The van der Waals surface area contributed by atoms with Crippen LogP contribution in [0.3, 0.4) is 0 Å². The molecule has 0 atom stereocenters. The van der Waals surface area contributed by atoms with E-state index in [1.165, 1.54) is 11.7 Å². The first-order chi connectivity index (χ1) is 18.9. The molecule has 0 unspecified atom stereocenters. The van der Waals surface area contributed by atoms with Gasteiger partial charge in [-0.3, -0.25) is 24.6 Å². The Kier molecular flexibility index (Phi) is 7.24. The summed E-state index contributed by atoms with van der Waals surface area (Å²) in [6, 6.07) is 15.6. The molecule has 0 amide bonds. The smallest absolute Gasteiger partial charge is 0.296 e. The molecule has 0 aliphatic heterocycles. The van der Waals surface area contributed by atoms with Crippen molar-refractivity contribution < 1.29 is 9.36 Å². The third kappa shape index (κ3) is 5.16. The molecule has 5 aromatic rings. The van der Waals surface area contributed by atoms with E-state index in [-0.39, 0.29) is 5.56 Å². The number of aryl methyl sites for hydroxylation is 2. The van der Waals surface area contributed by atoms with Gasteiger partial charge in [0.15, 0.2) is 5.82 Å². The highest BCUT2D eigenvalue weighted by atomic mass is 16.6. The minimum atomic E-state index is -0.605. The van der Waals surface area contributed by atoms with Gasteiger partial charge < -0.3 is 0 Å². The Morgan fingerprint density at radius 2 is 1.87 bits per heavy atom. The molecule has 0 saturated heterocycles. The average Bonchev–Trinajstić information content (AvgIpc) is 3.54. The SMILES string of the molecule is CCCc1c(Cc2ccc(-c3ccccc3-c3noc(=O)[nH]3)cc2)c(=O)n(C=C(C)NOC)c2nc(C)nn12. The largest absolute Gasteiger partial charge is 0.439 e. The quantitative estimate of drug-likeness (QED) is 0.277. The van der Waals surface area contributed by atoms with Crippen LogP contribution in [0.15, 0.2) is 68.3 Å². The first-order valence-corrected chi connectivity index (χ1v) is 12.6. The normalized spacial score (nSPS) is 11.8. The van der Waals surface area contributed by atoms with E-state index in [0.29, 0.717) is 41.5 Å². The molecule has 0 spiro atoms. The molecule has 11 heteroatoms. The van der Waals surface area contributed by atoms with Crippen LogP contribution in [-0.4, -0.2) is 36.4 Å². The van der Waals surface area contributed by atoms with Crippen molar-refractivity contribution in [3.05, 3.63) is 97.8 Å². The number of hydrogen-bond donors (Lipinski definition) is 2. The molecule has 0 fully saturated rings. The molecule has 0 bridgehead atoms. The van der Waals surface area contributed by atoms with Crippen molar-refractivity contribution in [1.82, 2.24) is 34.8 Å². The number of aromatic amines is 1. The highest BCUT2D eigenvalue weighted by molar-refractivity contribution is 5.80. The maximum Gasteiger partial charge on any atom is 0.439 e. The molecule has 3 aromatic heterocycles. The highest BCUT2D eigenvalue weighted by Gasteiger charge is 2.19. The van der Waals surface area contributed by atoms with Crippen molar-refractivity contribution in [2.45, 2.75) is 40.0 Å². The van der Waals surface area contributed by atoms with Crippen molar-refractivity contribution >= 4 is 12.0 Å². The summed E-state index contributed by atoms with van der Waals surface area (Å²) in [7, 11) is 1.51. The summed E-state index contributed by atoms with van der Waals surface area (Å²) in [5.74, 6) is 0.804. The van der Waals surface area contributed by atoms with Crippen LogP contribution in [0.25, 0.3) is 34.5 Å². The van der Waals surface area contributed by atoms with Gasteiger partial charge in [0.25, 0.3) is 5.56 Å². The van der Waals surface area contributed by atoms with Crippen LogP contribution in [0.2, 0.25) is 0 Å². The summed E-state index contributed by atoms with van der Waals surface area (Å²) in [6.07, 6.45) is 3.63. The van der Waals surface area contributed by atoms with Gasteiger partial charge in [0.1, 0.15) is 5.82 Å². The van der Waals surface area contributed by atoms with E-state index in [9.17, 15) is 9.59 Å². The number of rotatable bonds is 9. The lowest BCUT2D eigenvalue weighted by Crippen LogP contribution is -2.28. The van der Waals surface area contributed by atoms with E-state index < -0.39 is 5.76 Å². The van der Waals surface area contributed by atoms with Crippen molar-refractivity contribution in [3.8, 4) is 22.5 Å². The Bertz CT molecular complexity index is 1770. The second-order valence-corrected chi connectivity index (χ2v) is 9.20. The van der Waals surface area contributed by atoms with E-state index in [1.807, 2.05) is 55.5 Å². The number of nitrogens with one attached hydrogen (secondary N) is 2. The van der Waals surface area contributed by atoms with Gasteiger partial charge >= 0.3 is 5.76 Å². The predicted molar refractivity (Wildman–Crippen MR) is 147 cm³/mol. The van der Waals surface area contributed by atoms with E-state index in [1.54, 1.807) is 17.6 Å². The summed E-state index contributed by atoms with van der Waals surface area (Å²) in [4.78, 5) is 37.5. The molecule has 39 heavy (non-hydrogen) atoms. The Hall–Kier alpha value is -4.77. The lowest BCUT2D eigenvalue weighted by atomic mass is 9.96. The van der Waals surface area contributed by atoms with Crippen LogP contribution >= 0.6 is 0 Å². The summed E-state index contributed by atoms with van der Waals surface area (Å²) in [6.45, 7) is 5.69. The van der Waals surface area contributed by atoms with E-state index >= 15 is 0 Å². The Balaban J connectivity index is 1.57. The molecule has 2 N–H and O–H groups in total. The van der Waals surface area contributed by atoms with Crippen LogP contribution in [0, 0.1) is 6.92 Å². The van der Waals surface area contributed by atoms with Crippen molar-refractivity contribution in [1.29, 1.82) is 0 Å². The van der Waals surface area contributed by atoms with Crippen LogP contribution in [-0.2, 0) is 17.7 Å². The van der Waals surface area contributed by atoms with Gasteiger partial charge in [-0.1, -0.05) is 67.0 Å². The molecule has 0 aliphatic rings. The fourth-order valence-corrected chi connectivity index (χ4v) is 4.69. The maximum atomic E-state index is 13.8. The Labute approximate surface area is 223 Å². The van der Waals surface area contributed by atoms with Gasteiger partial charge in [-0.15, -0.1) is 0 Å². The first-order valence-electron chi connectivity index (χ1n) is 12.6. The Morgan fingerprint density at radius 3 is 2.54 bits per heavy atom. The number of hydrogen-bond acceptors (Lipinski definition) is 8. The van der Waals surface area contributed by atoms with E-state index in [0.717, 1.165) is 34.4 Å². The number of nitrogens with zero attached hydrogens (tertiary/aromatic N) is 5. The molecule has 0 radical (unpaired) electrons. The second kappa shape index (κ2) is 10.9. The third-order valence-corrected chi connectivity index (χ3v) is 6.33. The third-order valence-electron chi connectivity index (χ3n) is 6.33. The van der Waals surface area contributed by atoms with Crippen molar-refractivity contribution in [2.75, 3.05) is 7.11 Å². The number of fused-ring (bicyclic) bond motifs is 1. The minimum Gasteiger partial charge on any atom is -0.296 e. The topological polar surface area (TPSA) is 132 Å². The van der Waals surface area contributed by atoms with Gasteiger partial charge in [0.2, 0.25) is 5.78 Å². The molecule has 5 rings (SSSR count). The van der Waals surface area contributed by atoms with Crippen LogP contribution < -0.4 is 16.8 Å². The highest BCUT2D eigenvalue weighted by Crippen LogP contribution is 2.30. The number of allylic oxidation sites excluding steroid dienone is 1. The fraction of sp³-hybridized carbons (Fsp3) is 0.250. The van der Waals surface area contributed by atoms with E-state index in [2.05, 4.69) is 32.6 Å². The first kappa shape index (κ1) is 25.9. The van der Waals surface area contributed by atoms with Crippen molar-refractivity contribution in [2.24, 2.45) is 0 Å². The summed E-state index contributed by atoms with van der Waals surface area (Å²) < 4.78 is 7.98. The van der Waals surface area contributed by atoms with E-state index in [4.69, 9.17) is 9.36 Å². The van der Waals surface area contributed by atoms with Gasteiger partial charge in [-0.2, -0.15) is 10.1 Å². The summed E-state index contributed by atoms with van der Waals surface area (Å²) in [5.41, 5.74) is 8.32. The summed E-state index contributed by atoms with van der Waals surface area (Å²) in [5, 5.41) is 8.45. The lowest BCUT2D eigenvalue weighted by Gasteiger charge is -2.14. The van der Waals surface area contributed by atoms with Gasteiger partial charge in [-0.25, -0.2) is 13.9 Å². The molecule has 11 nitrogen and oxygen atoms in total. The molecule has 0 aliphatic carbocycles. The zero-order valence-electron chi connectivity index (χ0n) is 22.2. The predicted octanol–water partition coefficient (Wildman–Crippen LogP) is 3.72. The molecule has 200 valence electrons. The lowest BCUT2D eigenvalue weighted by molar-refractivity contribution is 0.119. The second-order valence-electron chi connectivity index (χ2n) is 9.20. The van der Waals surface area contributed by atoms with Crippen LogP contribution in [0.5, 0.6) is 0 Å². The molecule has 3 heterocycles. The monoisotopic (exact) mass is 527 g/mol. The number of benzene rings is 2. The van der Waals surface area contributed by atoms with Gasteiger partial charge in [0.05, 0.1) is 18.5 Å². The Morgan fingerprint density at radius 1 is 1.13 bits per heavy atom. The molecule has 2 aromatic carbocycles. The zero-order chi connectivity index (χ0) is 27.5. The molecular formula is C28H29N7O4. The standard InChI is InChI=1S/C28H29N7O4/c1-5-8-24-23(26(36)34(16-17(2)32-38-4)27-29-18(3)31-35(24)27)15-19-11-13-20(14-12-19)21-9-6-7-10-22(21)25-30-28(37)39-33-25/h6-7,9-14,16,32H,5,8,15H2,1-4H3,(H,30,33,37). The average molecular weight is 528 g/mol.